The van der Waals surface area contributed by atoms with Crippen LogP contribution >= 0.6 is 15.9 Å². The van der Waals surface area contributed by atoms with E-state index in [4.69, 9.17) is 0 Å². The van der Waals surface area contributed by atoms with Crippen molar-refractivity contribution in [2.75, 3.05) is 0 Å². The van der Waals surface area contributed by atoms with Gasteiger partial charge in [0.1, 0.15) is 0 Å². The van der Waals surface area contributed by atoms with Crippen LogP contribution in [0.15, 0.2) is 41.0 Å². The van der Waals surface area contributed by atoms with Crippen molar-refractivity contribution >= 4 is 21.8 Å². The van der Waals surface area contributed by atoms with Gasteiger partial charge in [0, 0.05) is 18.3 Å². The molecular formula is C20H24BrN5O. The fourth-order valence-corrected chi connectivity index (χ4v) is 3.38. The summed E-state index contributed by atoms with van der Waals surface area (Å²) >= 11 is 3.55. The fraction of sp³-hybridized carbons (Fsp3) is 0.350. The van der Waals surface area contributed by atoms with Gasteiger partial charge in [0.25, 0.3) is 5.91 Å². The fourth-order valence-electron chi connectivity index (χ4n) is 3.09. The highest BCUT2D eigenvalue weighted by Gasteiger charge is 2.15. The van der Waals surface area contributed by atoms with E-state index < -0.39 is 0 Å². The summed E-state index contributed by atoms with van der Waals surface area (Å²) in [4.78, 5) is 12.6. The van der Waals surface area contributed by atoms with Crippen LogP contribution in [0.1, 0.15) is 52.9 Å². The maximum absolute atomic E-state index is 12.6. The first-order chi connectivity index (χ1) is 12.9. The van der Waals surface area contributed by atoms with Gasteiger partial charge in [0.05, 0.1) is 34.1 Å². The van der Waals surface area contributed by atoms with Gasteiger partial charge in [-0.1, -0.05) is 12.1 Å². The monoisotopic (exact) mass is 429 g/mol. The van der Waals surface area contributed by atoms with E-state index in [0.29, 0.717) is 12.1 Å². The minimum atomic E-state index is -0.105. The largest absolute Gasteiger partial charge is 0.344 e. The number of carbonyl (C=O) groups excluding carboxylic acids is 1. The molecule has 0 saturated carbocycles. The topological polar surface area (TPSA) is 64.7 Å². The second kappa shape index (κ2) is 8.08. The van der Waals surface area contributed by atoms with Gasteiger partial charge in [-0.2, -0.15) is 10.2 Å². The predicted octanol–water partition coefficient (Wildman–Crippen LogP) is 4.02. The summed E-state index contributed by atoms with van der Waals surface area (Å²) in [7, 11) is 0. The zero-order chi connectivity index (χ0) is 19.6. The first-order valence-corrected chi connectivity index (χ1v) is 9.81. The highest BCUT2D eigenvalue weighted by Crippen LogP contribution is 2.21. The molecule has 1 N–H and O–H groups in total. The Labute approximate surface area is 167 Å². The number of rotatable bonds is 6. The van der Waals surface area contributed by atoms with Crippen molar-refractivity contribution in [1.82, 2.24) is 24.9 Å². The quantitative estimate of drug-likeness (QED) is 0.643. The van der Waals surface area contributed by atoms with E-state index in [1.54, 1.807) is 6.20 Å². The number of amides is 1. The Morgan fingerprint density at radius 1 is 1.19 bits per heavy atom. The average molecular weight is 430 g/mol. The van der Waals surface area contributed by atoms with E-state index in [1.165, 1.54) is 0 Å². The zero-order valence-corrected chi connectivity index (χ0v) is 17.6. The molecule has 1 atom stereocenters. The summed E-state index contributed by atoms with van der Waals surface area (Å²) in [5.74, 6) is -0.0910. The molecule has 2 heterocycles. The molecule has 6 nitrogen and oxygen atoms in total. The molecule has 2 aromatic heterocycles. The second-order valence-corrected chi connectivity index (χ2v) is 7.40. The third-order valence-electron chi connectivity index (χ3n) is 4.68. The highest BCUT2D eigenvalue weighted by atomic mass is 79.9. The molecule has 1 amide bonds. The SMILES string of the molecule is CCn1nccc1C(C)NC(=O)c1ccc(Cn2nc(C)c(Br)c2C)cc1. The minimum absolute atomic E-state index is 0.0910. The number of hydrogen-bond acceptors (Lipinski definition) is 3. The Balaban J connectivity index is 1.67. The first-order valence-electron chi connectivity index (χ1n) is 9.01. The van der Waals surface area contributed by atoms with Crippen LogP contribution in [0.3, 0.4) is 0 Å². The molecule has 0 saturated heterocycles. The van der Waals surface area contributed by atoms with E-state index in [9.17, 15) is 4.79 Å². The molecule has 3 aromatic rings. The summed E-state index contributed by atoms with van der Waals surface area (Å²) in [6, 6.07) is 9.49. The summed E-state index contributed by atoms with van der Waals surface area (Å²) in [5.41, 5.74) is 4.81. The Morgan fingerprint density at radius 2 is 1.89 bits per heavy atom. The molecule has 0 spiro atoms. The third kappa shape index (κ3) is 4.13. The maximum Gasteiger partial charge on any atom is 0.251 e. The Morgan fingerprint density at radius 3 is 2.48 bits per heavy atom. The molecule has 142 valence electrons. The van der Waals surface area contributed by atoms with Crippen molar-refractivity contribution in [2.24, 2.45) is 0 Å². The predicted molar refractivity (Wildman–Crippen MR) is 109 cm³/mol. The van der Waals surface area contributed by atoms with Crippen LogP contribution in [0, 0.1) is 13.8 Å². The number of benzene rings is 1. The van der Waals surface area contributed by atoms with E-state index in [0.717, 1.165) is 33.7 Å². The molecule has 1 unspecified atom stereocenters. The van der Waals surface area contributed by atoms with Crippen molar-refractivity contribution in [3.63, 3.8) is 0 Å². The lowest BCUT2D eigenvalue weighted by Gasteiger charge is -2.15. The lowest BCUT2D eigenvalue weighted by Crippen LogP contribution is -2.28. The van der Waals surface area contributed by atoms with Crippen molar-refractivity contribution in [3.05, 3.63) is 69.2 Å². The lowest BCUT2D eigenvalue weighted by molar-refractivity contribution is 0.0938. The minimum Gasteiger partial charge on any atom is -0.344 e. The van der Waals surface area contributed by atoms with Gasteiger partial charge in [0.2, 0.25) is 0 Å². The average Bonchev–Trinajstić information content (AvgIpc) is 3.23. The standard InChI is InChI=1S/C20H24BrN5O/c1-5-25-18(10-11-22-25)13(2)23-20(27)17-8-6-16(7-9-17)12-26-15(4)19(21)14(3)24-26/h6-11,13H,5,12H2,1-4H3,(H,23,27). The summed E-state index contributed by atoms with van der Waals surface area (Å²) in [5, 5.41) is 11.8. The Bertz CT molecular complexity index is 942. The van der Waals surface area contributed by atoms with Crippen molar-refractivity contribution in [2.45, 2.75) is 46.8 Å². The molecule has 7 heteroatoms. The summed E-state index contributed by atoms with van der Waals surface area (Å²) in [6.45, 7) is 9.47. The normalized spacial score (nSPS) is 12.2. The number of hydrogen-bond donors (Lipinski definition) is 1. The van der Waals surface area contributed by atoms with Gasteiger partial charge in [-0.05, 0) is 67.4 Å². The van der Waals surface area contributed by atoms with Crippen molar-refractivity contribution in [3.8, 4) is 0 Å². The molecule has 3 rings (SSSR count). The number of aryl methyl sites for hydroxylation is 2. The first kappa shape index (κ1) is 19.4. The van der Waals surface area contributed by atoms with Crippen LogP contribution in [-0.4, -0.2) is 25.5 Å². The molecule has 0 fully saturated rings. The van der Waals surface area contributed by atoms with Crippen LogP contribution in [0.5, 0.6) is 0 Å². The number of nitrogens with zero attached hydrogens (tertiary/aromatic N) is 4. The van der Waals surface area contributed by atoms with Gasteiger partial charge in [-0.15, -0.1) is 0 Å². The van der Waals surface area contributed by atoms with Gasteiger partial charge in [-0.3, -0.25) is 14.2 Å². The molecule has 0 bridgehead atoms. The van der Waals surface area contributed by atoms with E-state index in [-0.39, 0.29) is 11.9 Å². The molecule has 1 aromatic carbocycles. The highest BCUT2D eigenvalue weighted by molar-refractivity contribution is 9.10. The van der Waals surface area contributed by atoms with E-state index in [2.05, 4.69) is 31.4 Å². The molecule has 27 heavy (non-hydrogen) atoms. The van der Waals surface area contributed by atoms with Crippen molar-refractivity contribution < 1.29 is 4.79 Å². The second-order valence-electron chi connectivity index (χ2n) is 6.61. The van der Waals surface area contributed by atoms with Gasteiger partial charge < -0.3 is 5.32 Å². The number of carbonyl (C=O) groups is 1. The Kier molecular flexibility index (Phi) is 5.79. The van der Waals surface area contributed by atoms with E-state index >= 15 is 0 Å². The Hall–Kier alpha value is -2.41. The molecule has 0 radical (unpaired) electrons. The zero-order valence-electron chi connectivity index (χ0n) is 16.0. The van der Waals surface area contributed by atoms with Gasteiger partial charge in [0.15, 0.2) is 0 Å². The molecule has 0 aliphatic heterocycles. The van der Waals surface area contributed by atoms with Gasteiger partial charge in [-0.25, -0.2) is 0 Å². The molecule has 0 aliphatic rings. The number of aromatic nitrogens is 4. The van der Waals surface area contributed by atoms with Crippen LogP contribution in [0.25, 0.3) is 0 Å². The van der Waals surface area contributed by atoms with Crippen LogP contribution in [0.4, 0.5) is 0 Å². The van der Waals surface area contributed by atoms with Crippen LogP contribution in [0.2, 0.25) is 0 Å². The number of nitrogens with one attached hydrogen (secondary N) is 1. The van der Waals surface area contributed by atoms with Crippen LogP contribution < -0.4 is 5.32 Å². The number of halogens is 1. The molecular weight excluding hydrogens is 406 g/mol. The summed E-state index contributed by atoms with van der Waals surface area (Å²) in [6.07, 6.45) is 1.76. The lowest BCUT2D eigenvalue weighted by atomic mass is 10.1. The maximum atomic E-state index is 12.6. The van der Waals surface area contributed by atoms with Crippen molar-refractivity contribution in [1.29, 1.82) is 0 Å². The van der Waals surface area contributed by atoms with Gasteiger partial charge >= 0.3 is 0 Å². The third-order valence-corrected chi connectivity index (χ3v) is 5.83. The molecule has 0 aliphatic carbocycles. The summed E-state index contributed by atoms with van der Waals surface area (Å²) < 4.78 is 4.89. The smallest absolute Gasteiger partial charge is 0.251 e. The van der Waals surface area contributed by atoms with Crippen LogP contribution in [-0.2, 0) is 13.1 Å². The van der Waals surface area contributed by atoms with E-state index in [1.807, 2.05) is 67.4 Å².